The van der Waals surface area contributed by atoms with Crippen LogP contribution in [0.4, 0.5) is 5.69 Å². The number of sulfonamides is 1. The Morgan fingerprint density at radius 3 is 2.33 bits per heavy atom. The molecule has 11 heteroatoms. The number of rotatable bonds is 14. The first-order chi connectivity index (χ1) is 18.7. The zero-order valence-corrected chi connectivity index (χ0v) is 24.0. The Morgan fingerprint density at radius 2 is 1.72 bits per heavy atom. The Balaban J connectivity index is 1.95. The summed E-state index contributed by atoms with van der Waals surface area (Å²) in [6.45, 7) is 6.30. The van der Waals surface area contributed by atoms with Crippen LogP contribution in [-0.4, -0.2) is 70.3 Å². The molecule has 1 aliphatic rings. The lowest BCUT2D eigenvalue weighted by atomic mass is 10.1. The maximum Gasteiger partial charge on any atom is 0.244 e. The molecule has 1 atom stereocenters. The average Bonchev–Trinajstić information content (AvgIpc) is 2.95. The van der Waals surface area contributed by atoms with Crippen molar-refractivity contribution < 1.29 is 32.2 Å². The molecule has 0 aromatic heterocycles. The number of amides is 2. The van der Waals surface area contributed by atoms with E-state index in [4.69, 9.17) is 14.2 Å². The van der Waals surface area contributed by atoms with Crippen LogP contribution in [0, 0.1) is 0 Å². The molecule has 1 N–H and O–H groups in total. The minimum atomic E-state index is -3.85. The fraction of sp³-hybridized carbons (Fsp3) is 0.500. The zero-order chi connectivity index (χ0) is 28.4. The smallest absolute Gasteiger partial charge is 0.244 e. The third kappa shape index (κ3) is 7.78. The second kappa shape index (κ2) is 14.1. The second-order valence-electron chi connectivity index (χ2n) is 9.17. The molecule has 0 bridgehead atoms. The zero-order valence-electron chi connectivity index (χ0n) is 23.1. The van der Waals surface area contributed by atoms with Gasteiger partial charge in [0.1, 0.15) is 31.5 Å². The summed E-state index contributed by atoms with van der Waals surface area (Å²) in [6, 6.07) is 11.2. The van der Waals surface area contributed by atoms with Crippen molar-refractivity contribution in [1.82, 2.24) is 10.2 Å². The highest BCUT2D eigenvalue weighted by Crippen LogP contribution is 2.35. The van der Waals surface area contributed by atoms with Crippen LogP contribution in [0.25, 0.3) is 0 Å². The molecular weight excluding hydrogens is 522 g/mol. The van der Waals surface area contributed by atoms with Crippen molar-refractivity contribution in [3.05, 3.63) is 48.0 Å². The number of nitrogens with one attached hydrogen (secondary N) is 1. The van der Waals surface area contributed by atoms with E-state index in [0.717, 1.165) is 22.7 Å². The van der Waals surface area contributed by atoms with Crippen LogP contribution in [0.15, 0.2) is 42.5 Å². The van der Waals surface area contributed by atoms with Gasteiger partial charge < -0.3 is 24.4 Å². The van der Waals surface area contributed by atoms with Gasteiger partial charge in [-0.05, 0) is 49.6 Å². The first-order valence-corrected chi connectivity index (χ1v) is 14.9. The van der Waals surface area contributed by atoms with E-state index in [1.54, 1.807) is 37.4 Å². The molecule has 214 valence electrons. The highest BCUT2D eigenvalue weighted by molar-refractivity contribution is 7.92. The lowest BCUT2D eigenvalue weighted by Crippen LogP contribution is -2.52. The predicted molar refractivity (Wildman–Crippen MR) is 150 cm³/mol. The van der Waals surface area contributed by atoms with E-state index in [0.29, 0.717) is 49.1 Å². The third-order valence-electron chi connectivity index (χ3n) is 6.52. The van der Waals surface area contributed by atoms with Crippen LogP contribution in [0.2, 0.25) is 0 Å². The molecule has 0 unspecified atom stereocenters. The van der Waals surface area contributed by atoms with Crippen molar-refractivity contribution in [2.24, 2.45) is 0 Å². The van der Waals surface area contributed by atoms with Gasteiger partial charge in [0, 0.05) is 19.2 Å². The maximum absolute atomic E-state index is 13.9. The van der Waals surface area contributed by atoms with Crippen LogP contribution < -0.4 is 23.8 Å². The van der Waals surface area contributed by atoms with Crippen LogP contribution in [-0.2, 0) is 26.2 Å². The Hall–Kier alpha value is -3.47. The lowest BCUT2D eigenvalue weighted by molar-refractivity contribution is -0.140. The van der Waals surface area contributed by atoms with Gasteiger partial charge >= 0.3 is 0 Å². The number of methoxy groups -OCH3 is 1. The highest BCUT2D eigenvalue weighted by Gasteiger charge is 2.32. The summed E-state index contributed by atoms with van der Waals surface area (Å²) in [6.07, 6.45) is 2.11. The first-order valence-electron chi connectivity index (χ1n) is 13.3. The number of fused-ring (bicyclic) bond motifs is 1. The van der Waals surface area contributed by atoms with Crippen LogP contribution >= 0.6 is 0 Å². The van der Waals surface area contributed by atoms with Gasteiger partial charge in [-0.25, -0.2) is 8.42 Å². The largest absolute Gasteiger partial charge is 0.497 e. The van der Waals surface area contributed by atoms with Crippen molar-refractivity contribution in [2.45, 2.75) is 52.6 Å². The number of nitrogens with zero attached hydrogens (tertiary/aromatic N) is 2. The third-order valence-corrected chi connectivity index (χ3v) is 8.26. The van der Waals surface area contributed by atoms with E-state index in [2.05, 4.69) is 5.32 Å². The van der Waals surface area contributed by atoms with Gasteiger partial charge in [0.2, 0.25) is 21.8 Å². The molecule has 0 spiro atoms. The SMILES string of the molecule is CCCCNC(=O)[C@@H](CC)N(Cc1ccc(OC)cc1)C(=O)CN(c1ccc2c(c1)OCCO2)S(=O)(=O)CC. The molecule has 2 aromatic carbocycles. The molecule has 0 aliphatic carbocycles. The summed E-state index contributed by atoms with van der Waals surface area (Å²) >= 11 is 0. The van der Waals surface area contributed by atoms with E-state index < -0.39 is 28.5 Å². The van der Waals surface area contributed by atoms with Gasteiger partial charge in [0.05, 0.1) is 18.6 Å². The quantitative estimate of drug-likeness (QED) is 0.352. The molecular formula is C28H39N3O7S. The van der Waals surface area contributed by atoms with Crippen molar-refractivity contribution in [1.29, 1.82) is 0 Å². The Morgan fingerprint density at radius 1 is 1.03 bits per heavy atom. The lowest BCUT2D eigenvalue weighted by Gasteiger charge is -2.33. The van der Waals surface area contributed by atoms with E-state index in [1.165, 1.54) is 11.8 Å². The summed E-state index contributed by atoms with van der Waals surface area (Å²) in [5.74, 6) is 0.634. The molecule has 10 nitrogen and oxygen atoms in total. The summed E-state index contributed by atoms with van der Waals surface area (Å²) in [4.78, 5) is 28.5. The number of carbonyl (C=O) groups excluding carboxylic acids is 2. The topological polar surface area (TPSA) is 114 Å². The number of hydrogen-bond donors (Lipinski definition) is 1. The van der Waals surface area contributed by atoms with E-state index in [-0.39, 0.29) is 18.2 Å². The minimum absolute atomic E-state index is 0.129. The molecule has 2 amide bonds. The Labute approximate surface area is 231 Å². The summed E-state index contributed by atoms with van der Waals surface area (Å²) < 4.78 is 43.9. The van der Waals surface area contributed by atoms with E-state index in [1.807, 2.05) is 26.0 Å². The molecule has 39 heavy (non-hydrogen) atoms. The van der Waals surface area contributed by atoms with E-state index >= 15 is 0 Å². The van der Waals surface area contributed by atoms with Crippen LogP contribution in [0.5, 0.6) is 17.2 Å². The Bertz CT molecular complexity index is 1220. The maximum atomic E-state index is 13.9. The van der Waals surface area contributed by atoms with Crippen molar-refractivity contribution in [3.63, 3.8) is 0 Å². The average molecular weight is 562 g/mol. The second-order valence-corrected chi connectivity index (χ2v) is 11.4. The fourth-order valence-corrected chi connectivity index (χ4v) is 5.31. The predicted octanol–water partition coefficient (Wildman–Crippen LogP) is 3.35. The van der Waals surface area contributed by atoms with Crippen molar-refractivity contribution >= 4 is 27.5 Å². The number of hydrogen-bond acceptors (Lipinski definition) is 7. The number of anilines is 1. The van der Waals surface area contributed by atoms with E-state index in [9.17, 15) is 18.0 Å². The summed E-state index contributed by atoms with van der Waals surface area (Å²) in [7, 11) is -2.28. The van der Waals surface area contributed by atoms with Crippen molar-refractivity contribution in [3.8, 4) is 17.2 Å². The van der Waals surface area contributed by atoms with Gasteiger partial charge in [-0.2, -0.15) is 0 Å². The molecule has 3 rings (SSSR count). The van der Waals surface area contributed by atoms with Crippen LogP contribution in [0.3, 0.4) is 0 Å². The molecule has 0 radical (unpaired) electrons. The normalized spacial score (nSPS) is 13.3. The van der Waals surface area contributed by atoms with Crippen LogP contribution in [0.1, 0.15) is 45.6 Å². The molecule has 2 aromatic rings. The van der Waals surface area contributed by atoms with Gasteiger partial charge in [-0.15, -0.1) is 0 Å². The first kappa shape index (κ1) is 30.1. The van der Waals surface area contributed by atoms with Gasteiger partial charge in [-0.1, -0.05) is 32.4 Å². The van der Waals surface area contributed by atoms with Gasteiger partial charge in [0.15, 0.2) is 11.5 Å². The number of benzene rings is 2. The number of unbranched alkanes of at least 4 members (excludes halogenated alkanes) is 1. The Kier molecular flexibility index (Phi) is 10.8. The monoisotopic (exact) mass is 561 g/mol. The fourth-order valence-electron chi connectivity index (χ4n) is 4.26. The van der Waals surface area contributed by atoms with Gasteiger partial charge in [0.25, 0.3) is 0 Å². The number of ether oxygens (including phenoxy) is 3. The molecule has 0 saturated heterocycles. The molecule has 1 aliphatic heterocycles. The summed E-state index contributed by atoms with van der Waals surface area (Å²) in [5, 5.41) is 2.92. The van der Waals surface area contributed by atoms with Gasteiger partial charge in [-0.3, -0.25) is 13.9 Å². The molecule has 0 fully saturated rings. The highest BCUT2D eigenvalue weighted by atomic mass is 32.2. The van der Waals surface area contributed by atoms with Crippen molar-refractivity contribution in [2.75, 3.05) is 43.5 Å². The summed E-state index contributed by atoms with van der Waals surface area (Å²) in [5.41, 5.74) is 1.08. The number of carbonyl (C=O) groups is 2. The minimum Gasteiger partial charge on any atom is -0.497 e. The molecule has 0 saturated carbocycles. The molecule has 1 heterocycles. The standard InChI is InChI=1S/C28H39N3O7S/c1-5-8-15-29-28(33)24(6-2)30(19-21-9-12-23(36-4)13-10-21)27(32)20-31(39(34,35)7-3)22-11-14-25-26(18-22)38-17-16-37-25/h9-14,18,24H,5-8,15-17,19-20H2,1-4H3,(H,29,33)/t24-/m1/s1.